The predicted octanol–water partition coefficient (Wildman–Crippen LogP) is 1.60. The number of hydrogen-bond donors (Lipinski definition) is 2. The van der Waals surface area contributed by atoms with Crippen LogP contribution in [0.3, 0.4) is 0 Å². The van der Waals surface area contributed by atoms with E-state index in [0.717, 1.165) is 17.4 Å². The van der Waals surface area contributed by atoms with Gasteiger partial charge in [0.05, 0.1) is 5.69 Å². The van der Waals surface area contributed by atoms with Crippen LogP contribution in [0.1, 0.15) is 26.2 Å². The summed E-state index contributed by atoms with van der Waals surface area (Å²) in [5.41, 5.74) is 6.56. The minimum Gasteiger partial charge on any atom is -0.394 e. The zero-order valence-electron chi connectivity index (χ0n) is 8.83. The van der Waals surface area contributed by atoms with Crippen molar-refractivity contribution in [1.82, 2.24) is 9.78 Å². The van der Waals surface area contributed by atoms with Gasteiger partial charge in [-0.1, -0.05) is 13.3 Å². The number of nitrogens with zero attached hydrogens (tertiary/aromatic N) is 2. The van der Waals surface area contributed by atoms with E-state index in [1.165, 1.54) is 19.3 Å². The molecule has 1 aromatic rings. The lowest BCUT2D eigenvalue weighted by Crippen LogP contribution is -2.22. The zero-order chi connectivity index (χ0) is 10.1. The molecular formula is C10H18N4. The topological polar surface area (TPSA) is 55.9 Å². The Morgan fingerprint density at radius 2 is 2.36 bits per heavy atom. The minimum absolute atomic E-state index is 0.548. The number of rotatable bonds is 2. The third-order valence-corrected chi connectivity index (χ3v) is 3.04. The van der Waals surface area contributed by atoms with Gasteiger partial charge in [-0.2, -0.15) is 5.10 Å². The molecule has 0 saturated heterocycles. The van der Waals surface area contributed by atoms with E-state index in [-0.39, 0.29) is 0 Å². The van der Waals surface area contributed by atoms with Crippen LogP contribution in [0.4, 0.5) is 11.5 Å². The van der Waals surface area contributed by atoms with Crippen molar-refractivity contribution in [3.63, 3.8) is 0 Å². The molecule has 3 N–H and O–H groups in total. The molecule has 4 nitrogen and oxygen atoms in total. The molecule has 0 aliphatic heterocycles. The van der Waals surface area contributed by atoms with Crippen LogP contribution in [0.15, 0.2) is 6.20 Å². The molecule has 0 aromatic carbocycles. The summed E-state index contributed by atoms with van der Waals surface area (Å²) < 4.78 is 1.75. The molecule has 1 aliphatic rings. The second kappa shape index (κ2) is 3.52. The van der Waals surface area contributed by atoms with Crippen molar-refractivity contribution < 1.29 is 0 Å². The first-order chi connectivity index (χ1) is 6.66. The van der Waals surface area contributed by atoms with Crippen molar-refractivity contribution in [2.45, 2.75) is 32.2 Å². The Labute approximate surface area is 84.5 Å². The van der Waals surface area contributed by atoms with Crippen LogP contribution in [0.2, 0.25) is 0 Å². The number of anilines is 2. The van der Waals surface area contributed by atoms with Gasteiger partial charge >= 0.3 is 0 Å². The quantitative estimate of drug-likeness (QED) is 0.752. The second-order valence-electron chi connectivity index (χ2n) is 4.27. The highest BCUT2D eigenvalue weighted by Crippen LogP contribution is 2.28. The number of hydrogen-bond acceptors (Lipinski definition) is 3. The molecule has 2 unspecified atom stereocenters. The Bertz CT molecular complexity index is 318. The number of nitrogen functional groups attached to an aromatic ring is 1. The number of aryl methyl sites for hydroxylation is 1. The molecule has 4 heteroatoms. The SMILES string of the molecule is CC1CCCC1Nc1nn(C)cc1N. The lowest BCUT2D eigenvalue weighted by atomic mass is 10.1. The van der Waals surface area contributed by atoms with Crippen LogP contribution in [0, 0.1) is 5.92 Å². The summed E-state index contributed by atoms with van der Waals surface area (Å²) in [7, 11) is 1.89. The summed E-state index contributed by atoms with van der Waals surface area (Å²) in [6, 6.07) is 0.548. The van der Waals surface area contributed by atoms with Crippen molar-refractivity contribution in [1.29, 1.82) is 0 Å². The maximum Gasteiger partial charge on any atom is 0.171 e. The van der Waals surface area contributed by atoms with E-state index < -0.39 is 0 Å². The van der Waals surface area contributed by atoms with Gasteiger partial charge in [0, 0.05) is 19.3 Å². The monoisotopic (exact) mass is 194 g/mol. The molecule has 1 aromatic heterocycles. The highest BCUT2D eigenvalue weighted by molar-refractivity contribution is 5.60. The Kier molecular flexibility index (Phi) is 2.35. The number of nitrogens with one attached hydrogen (secondary N) is 1. The lowest BCUT2D eigenvalue weighted by molar-refractivity contribution is 0.554. The van der Waals surface area contributed by atoms with E-state index in [1.807, 2.05) is 13.2 Å². The van der Waals surface area contributed by atoms with Crippen LogP contribution >= 0.6 is 0 Å². The first-order valence-electron chi connectivity index (χ1n) is 5.22. The lowest BCUT2D eigenvalue weighted by Gasteiger charge is -2.16. The Balaban J connectivity index is 2.06. The van der Waals surface area contributed by atoms with Gasteiger partial charge in [-0.15, -0.1) is 0 Å². The van der Waals surface area contributed by atoms with Crippen LogP contribution in [-0.2, 0) is 7.05 Å². The maximum atomic E-state index is 5.82. The first-order valence-corrected chi connectivity index (χ1v) is 5.22. The summed E-state index contributed by atoms with van der Waals surface area (Å²) in [6.07, 6.45) is 5.69. The molecule has 0 spiro atoms. The van der Waals surface area contributed by atoms with Crippen molar-refractivity contribution in [3.05, 3.63) is 6.20 Å². The molecule has 0 radical (unpaired) electrons. The average Bonchev–Trinajstić information content (AvgIpc) is 2.62. The van der Waals surface area contributed by atoms with Crippen molar-refractivity contribution >= 4 is 11.5 Å². The second-order valence-corrected chi connectivity index (χ2v) is 4.27. The largest absolute Gasteiger partial charge is 0.394 e. The predicted molar refractivity (Wildman–Crippen MR) is 58.0 cm³/mol. The summed E-state index contributed by atoms with van der Waals surface area (Å²) >= 11 is 0. The van der Waals surface area contributed by atoms with E-state index >= 15 is 0 Å². The van der Waals surface area contributed by atoms with Gasteiger partial charge in [-0.3, -0.25) is 4.68 Å². The van der Waals surface area contributed by atoms with Crippen LogP contribution < -0.4 is 11.1 Å². The minimum atomic E-state index is 0.548. The summed E-state index contributed by atoms with van der Waals surface area (Å²) in [5.74, 6) is 1.57. The van der Waals surface area contributed by atoms with E-state index in [2.05, 4.69) is 17.3 Å². The standard InChI is InChI=1S/C10H18N4/c1-7-4-3-5-9(7)12-10-8(11)6-14(2)13-10/h6-7,9H,3-5,11H2,1-2H3,(H,12,13). The van der Waals surface area contributed by atoms with Crippen molar-refractivity contribution in [2.75, 3.05) is 11.1 Å². The van der Waals surface area contributed by atoms with Gasteiger partial charge < -0.3 is 11.1 Å². The molecule has 1 fully saturated rings. The van der Waals surface area contributed by atoms with E-state index in [0.29, 0.717) is 6.04 Å². The van der Waals surface area contributed by atoms with Crippen molar-refractivity contribution in [3.8, 4) is 0 Å². The Hall–Kier alpha value is -1.19. The molecule has 1 heterocycles. The van der Waals surface area contributed by atoms with Gasteiger partial charge in [0.1, 0.15) is 0 Å². The number of nitrogens with two attached hydrogens (primary N) is 1. The molecule has 1 aliphatic carbocycles. The highest BCUT2D eigenvalue weighted by atomic mass is 15.3. The van der Waals surface area contributed by atoms with Crippen LogP contribution in [0.5, 0.6) is 0 Å². The van der Waals surface area contributed by atoms with Gasteiger partial charge in [-0.05, 0) is 18.8 Å². The summed E-state index contributed by atoms with van der Waals surface area (Å²) in [4.78, 5) is 0. The summed E-state index contributed by atoms with van der Waals surface area (Å²) in [5, 5.41) is 7.71. The summed E-state index contributed by atoms with van der Waals surface area (Å²) in [6.45, 7) is 2.28. The first kappa shape index (κ1) is 9.37. The Morgan fingerprint density at radius 3 is 2.86 bits per heavy atom. The fraction of sp³-hybridized carbons (Fsp3) is 0.700. The third-order valence-electron chi connectivity index (χ3n) is 3.04. The normalized spacial score (nSPS) is 26.7. The van der Waals surface area contributed by atoms with E-state index in [4.69, 9.17) is 5.73 Å². The number of aromatic nitrogens is 2. The zero-order valence-corrected chi connectivity index (χ0v) is 8.83. The van der Waals surface area contributed by atoms with Crippen LogP contribution in [-0.4, -0.2) is 15.8 Å². The molecule has 2 atom stereocenters. The molecule has 78 valence electrons. The third kappa shape index (κ3) is 1.69. The van der Waals surface area contributed by atoms with Gasteiger partial charge in [0.15, 0.2) is 5.82 Å². The van der Waals surface area contributed by atoms with Gasteiger partial charge in [-0.25, -0.2) is 0 Å². The fourth-order valence-electron chi connectivity index (χ4n) is 2.15. The molecule has 14 heavy (non-hydrogen) atoms. The molecule has 2 rings (SSSR count). The van der Waals surface area contributed by atoms with E-state index in [9.17, 15) is 0 Å². The van der Waals surface area contributed by atoms with Crippen LogP contribution in [0.25, 0.3) is 0 Å². The highest BCUT2D eigenvalue weighted by Gasteiger charge is 2.24. The van der Waals surface area contributed by atoms with E-state index in [1.54, 1.807) is 4.68 Å². The molecular weight excluding hydrogens is 176 g/mol. The smallest absolute Gasteiger partial charge is 0.171 e. The Morgan fingerprint density at radius 1 is 1.57 bits per heavy atom. The molecule has 0 amide bonds. The van der Waals surface area contributed by atoms with Gasteiger partial charge in [0.2, 0.25) is 0 Å². The van der Waals surface area contributed by atoms with Crippen molar-refractivity contribution in [2.24, 2.45) is 13.0 Å². The fourth-order valence-corrected chi connectivity index (χ4v) is 2.15. The molecule has 0 bridgehead atoms. The molecule has 1 saturated carbocycles. The maximum absolute atomic E-state index is 5.82. The average molecular weight is 194 g/mol. The van der Waals surface area contributed by atoms with Gasteiger partial charge in [0.25, 0.3) is 0 Å².